The van der Waals surface area contributed by atoms with Crippen molar-refractivity contribution < 1.29 is 58.2 Å². The molecule has 1 aliphatic heterocycles. The number of unbranched alkanes of at least 4 members (excludes halogenated alkanes) is 31. The number of carbonyl (C=O) groups excluding carboxylic acids is 3. The van der Waals surface area contributed by atoms with Crippen molar-refractivity contribution in [1.82, 2.24) is 0 Å². The Labute approximate surface area is 444 Å². The van der Waals surface area contributed by atoms with Crippen molar-refractivity contribution in [3.8, 4) is 0 Å². The van der Waals surface area contributed by atoms with E-state index in [0.29, 0.717) is 19.3 Å². The van der Waals surface area contributed by atoms with Gasteiger partial charge in [0.1, 0.15) is 18.8 Å². The molecule has 1 heterocycles. The largest absolute Gasteiger partial charge is 0.479 e. The van der Waals surface area contributed by atoms with Gasteiger partial charge in [-0.1, -0.05) is 224 Å². The van der Waals surface area contributed by atoms with Gasteiger partial charge in [-0.05, 0) is 70.6 Å². The summed E-state index contributed by atoms with van der Waals surface area (Å²) in [5.41, 5.74) is 0. The van der Waals surface area contributed by atoms with Crippen LogP contribution in [0.3, 0.4) is 0 Å². The summed E-state index contributed by atoms with van der Waals surface area (Å²) in [4.78, 5) is 51.1. The van der Waals surface area contributed by atoms with Gasteiger partial charge in [0.05, 0.1) is 6.61 Å². The first-order valence-electron chi connectivity index (χ1n) is 30.0. The molecule has 6 atom stereocenters. The first-order chi connectivity index (χ1) is 35.6. The number of esters is 3. The number of hydrogen-bond donors (Lipinski definition) is 3. The maximum absolute atomic E-state index is 13.1. The lowest BCUT2D eigenvalue weighted by atomic mass is 9.98. The third-order valence-electron chi connectivity index (χ3n) is 13.7. The predicted molar refractivity (Wildman–Crippen MR) is 294 cm³/mol. The number of hydrogen-bond acceptors (Lipinski definition) is 11. The number of carbonyl (C=O) groups is 4. The summed E-state index contributed by atoms with van der Waals surface area (Å²) in [5, 5.41) is 31.4. The first-order valence-corrected chi connectivity index (χ1v) is 30.0. The summed E-state index contributed by atoms with van der Waals surface area (Å²) in [7, 11) is 0. The Morgan fingerprint density at radius 1 is 0.452 bits per heavy atom. The van der Waals surface area contributed by atoms with Gasteiger partial charge in [0.25, 0.3) is 0 Å². The Morgan fingerprint density at radius 2 is 0.836 bits per heavy atom. The molecule has 12 nitrogen and oxygen atoms in total. The average molecular weight is 1030 g/mol. The van der Waals surface area contributed by atoms with Crippen molar-refractivity contribution in [2.24, 2.45) is 0 Å². The van der Waals surface area contributed by atoms with Crippen molar-refractivity contribution in [1.29, 1.82) is 0 Å². The standard InChI is InChI=1S/C61H108O12/c1-4-7-10-13-16-19-22-24-26-27-29-30-33-35-38-41-44-47-53(62)69-50-52(71-54(63)48-45-42-39-37-34-31-28-25-23-20-17-14-11-8-5-2)51-70-61-59(57(66)56(65)58(73-61)60(67)68)72-55(64)49-46-43-40-36-32-21-18-15-12-9-6-3/h15-16,18-19,24,26,52,56-59,61,65-66H,4-14,17,20-23,25,27-51H2,1-3H3,(H,67,68)/b18-15-,19-16-,26-24-. The zero-order valence-corrected chi connectivity index (χ0v) is 46.6. The number of allylic oxidation sites excluding steroid dienone is 6. The molecule has 0 spiro atoms. The van der Waals surface area contributed by atoms with Crippen LogP contribution in [0.25, 0.3) is 0 Å². The summed E-state index contributed by atoms with van der Waals surface area (Å²) >= 11 is 0. The van der Waals surface area contributed by atoms with Crippen molar-refractivity contribution >= 4 is 23.9 Å². The molecule has 0 radical (unpaired) electrons. The van der Waals surface area contributed by atoms with Gasteiger partial charge < -0.3 is 39.0 Å². The maximum atomic E-state index is 13.1. The molecule has 424 valence electrons. The minimum atomic E-state index is -1.90. The van der Waals surface area contributed by atoms with Gasteiger partial charge in [0.2, 0.25) is 0 Å². The Bertz CT molecular complexity index is 1410. The zero-order chi connectivity index (χ0) is 53.3. The summed E-state index contributed by atoms with van der Waals surface area (Å²) in [6.45, 7) is 5.93. The molecule has 0 aromatic carbocycles. The third-order valence-corrected chi connectivity index (χ3v) is 13.7. The van der Waals surface area contributed by atoms with E-state index in [1.54, 1.807) is 0 Å². The molecule has 0 aliphatic carbocycles. The topological polar surface area (TPSA) is 175 Å². The fraction of sp³-hybridized carbons (Fsp3) is 0.836. The second-order valence-corrected chi connectivity index (χ2v) is 20.6. The minimum absolute atomic E-state index is 0.0520. The minimum Gasteiger partial charge on any atom is -0.479 e. The molecule has 0 amide bonds. The number of carboxylic acid groups (broad SMARTS) is 1. The lowest BCUT2D eigenvalue weighted by molar-refractivity contribution is -0.301. The van der Waals surface area contributed by atoms with E-state index in [-0.39, 0.29) is 25.9 Å². The fourth-order valence-corrected chi connectivity index (χ4v) is 9.03. The molecule has 1 aliphatic rings. The number of aliphatic hydroxyl groups excluding tert-OH is 2. The molecule has 73 heavy (non-hydrogen) atoms. The highest BCUT2D eigenvalue weighted by molar-refractivity contribution is 5.74. The lowest BCUT2D eigenvalue weighted by Gasteiger charge is -2.40. The number of ether oxygens (including phenoxy) is 5. The van der Waals surface area contributed by atoms with Crippen molar-refractivity contribution in [2.45, 2.75) is 314 Å². The summed E-state index contributed by atoms with van der Waals surface area (Å²) < 4.78 is 28.4. The van der Waals surface area contributed by atoms with Gasteiger partial charge in [-0.25, -0.2) is 4.79 Å². The van der Waals surface area contributed by atoms with E-state index >= 15 is 0 Å². The highest BCUT2D eigenvalue weighted by atomic mass is 16.7. The predicted octanol–water partition coefficient (Wildman–Crippen LogP) is 15.2. The smallest absolute Gasteiger partial charge is 0.335 e. The van der Waals surface area contributed by atoms with Crippen LogP contribution in [0.5, 0.6) is 0 Å². The zero-order valence-electron chi connectivity index (χ0n) is 46.6. The first kappa shape index (κ1) is 68.0. The van der Waals surface area contributed by atoms with Crippen LogP contribution in [0.1, 0.15) is 278 Å². The fourth-order valence-electron chi connectivity index (χ4n) is 9.03. The van der Waals surface area contributed by atoms with E-state index in [2.05, 4.69) is 57.2 Å². The van der Waals surface area contributed by atoms with Crippen molar-refractivity contribution in [2.75, 3.05) is 13.2 Å². The number of aliphatic carboxylic acids is 1. The van der Waals surface area contributed by atoms with Gasteiger partial charge >= 0.3 is 23.9 Å². The SMILES string of the molecule is CCCC/C=C\CCCCCCCC(=O)OC1C(OCC(COC(=O)CCCCCCCCC/C=C\C/C=C\CCCCC)OC(=O)CCCCCCCCCCCCCCCCC)OC(C(=O)O)C(O)C1O. The van der Waals surface area contributed by atoms with Crippen LogP contribution in [0.4, 0.5) is 0 Å². The highest BCUT2D eigenvalue weighted by Gasteiger charge is 2.50. The monoisotopic (exact) mass is 1030 g/mol. The van der Waals surface area contributed by atoms with Gasteiger partial charge in [0, 0.05) is 19.3 Å². The quantitative estimate of drug-likeness (QED) is 0.0228. The molecule has 1 rings (SSSR count). The Hall–Kier alpha value is -3.06. The second kappa shape index (κ2) is 49.8. The van der Waals surface area contributed by atoms with Gasteiger partial charge in [-0.2, -0.15) is 0 Å². The van der Waals surface area contributed by atoms with Crippen LogP contribution in [0.2, 0.25) is 0 Å². The molecule has 12 heteroatoms. The highest BCUT2D eigenvalue weighted by Crippen LogP contribution is 2.26. The molecular weight excluding hydrogens is 925 g/mol. The van der Waals surface area contributed by atoms with Crippen molar-refractivity contribution in [3.05, 3.63) is 36.5 Å². The van der Waals surface area contributed by atoms with E-state index in [0.717, 1.165) is 96.3 Å². The second-order valence-electron chi connectivity index (χ2n) is 20.6. The van der Waals surface area contributed by atoms with E-state index < -0.39 is 67.3 Å². The van der Waals surface area contributed by atoms with Crippen LogP contribution in [0, 0.1) is 0 Å². The lowest BCUT2D eigenvalue weighted by Crippen LogP contribution is -2.61. The molecule has 0 aromatic rings. The molecular formula is C61H108O12. The molecule has 3 N–H and O–H groups in total. The maximum Gasteiger partial charge on any atom is 0.335 e. The number of rotatable bonds is 51. The summed E-state index contributed by atoms with van der Waals surface area (Å²) in [5.74, 6) is -3.12. The number of aliphatic hydroxyl groups is 2. The Kier molecular flexibility index (Phi) is 46.4. The third kappa shape index (κ3) is 39.9. The van der Waals surface area contributed by atoms with E-state index in [1.165, 1.54) is 122 Å². The Morgan fingerprint density at radius 3 is 1.32 bits per heavy atom. The summed E-state index contributed by atoms with van der Waals surface area (Å²) in [6, 6.07) is 0. The van der Waals surface area contributed by atoms with E-state index in [4.69, 9.17) is 23.7 Å². The van der Waals surface area contributed by atoms with Crippen LogP contribution in [-0.2, 0) is 42.9 Å². The molecule has 0 aromatic heterocycles. The molecule has 1 fully saturated rings. The Balaban J connectivity index is 2.68. The van der Waals surface area contributed by atoms with Gasteiger partial charge in [-0.3, -0.25) is 14.4 Å². The molecule has 0 saturated carbocycles. The van der Waals surface area contributed by atoms with E-state index in [9.17, 15) is 34.5 Å². The molecule has 0 bridgehead atoms. The van der Waals surface area contributed by atoms with Gasteiger partial charge in [-0.15, -0.1) is 0 Å². The van der Waals surface area contributed by atoms with Gasteiger partial charge in [0.15, 0.2) is 24.6 Å². The summed E-state index contributed by atoms with van der Waals surface area (Å²) in [6.07, 6.45) is 45.4. The van der Waals surface area contributed by atoms with Crippen molar-refractivity contribution in [3.63, 3.8) is 0 Å². The normalized spacial score (nSPS) is 18.5. The van der Waals surface area contributed by atoms with Crippen LogP contribution >= 0.6 is 0 Å². The van der Waals surface area contributed by atoms with Crippen LogP contribution < -0.4 is 0 Å². The molecule has 1 saturated heterocycles. The van der Waals surface area contributed by atoms with Crippen LogP contribution in [-0.4, -0.2) is 89.2 Å². The number of carboxylic acids is 1. The molecule has 6 unspecified atom stereocenters. The average Bonchev–Trinajstić information content (AvgIpc) is 3.37. The van der Waals surface area contributed by atoms with E-state index in [1.807, 2.05) is 0 Å². The van der Waals surface area contributed by atoms with Crippen LogP contribution in [0.15, 0.2) is 36.5 Å².